The molecule has 0 atom stereocenters. The Balaban J connectivity index is 1.37. The standard InChI is InChI=1S/C51H36N4S/c1-51(2,3)36-24-26-43-41(30-36)42-31-37(52-4)25-27-44(42)55(43)48-39(32-16-8-5-9-17-32)28-35(29-40(48)33-18-10-6-11-19-33)46-49-47(38-22-14-15-23-45(38)56-49)54-50(53-46)34-20-12-7-13-21-34/h5-31H,1-3H3. The van der Waals surface area contributed by atoms with Crippen LogP contribution in [0.2, 0.25) is 0 Å². The molecule has 0 saturated heterocycles. The Morgan fingerprint density at radius 3 is 1.75 bits per heavy atom. The van der Waals surface area contributed by atoms with Crippen LogP contribution in [0.15, 0.2) is 164 Å². The Morgan fingerprint density at radius 2 is 1.12 bits per heavy atom. The van der Waals surface area contributed by atoms with Gasteiger partial charge in [-0.25, -0.2) is 14.8 Å². The summed E-state index contributed by atoms with van der Waals surface area (Å²) in [5.74, 6) is 0.705. The average Bonchev–Trinajstić information content (AvgIpc) is 3.78. The van der Waals surface area contributed by atoms with Crippen LogP contribution in [0.25, 0.3) is 97.5 Å². The van der Waals surface area contributed by atoms with Gasteiger partial charge in [-0.05, 0) is 70.0 Å². The first kappa shape index (κ1) is 33.7. The molecule has 3 aromatic heterocycles. The summed E-state index contributed by atoms with van der Waals surface area (Å²) in [5, 5.41) is 3.34. The molecule has 0 amide bonds. The lowest BCUT2D eigenvalue weighted by molar-refractivity contribution is 0.591. The minimum atomic E-state index is -0.0415. The van der Waals surface area contributed by atoms with Crippen LogP contribution in [-0.4, -0.2) is 14.5 Å². The van der Waals surface area contributed by atoms with E-state index in [1.165, 1.54) is 10.3 Å². The zero-order valence-corrected chi connectivity index (χ0v) is 32.1. The van der Waals surface area contributed by atoms with E-state index >= 15 is 0 Å². The van der Waals surface area contributed by atoms with Gasteiger partial charge in [-0.15, -0.1) is 11.3 Å². The lowest BCUT2D eigenvalue weighted by atomic mass is 9.86. The topological polar surface area (TPSA) is 35.1 Å². The molecule has 0 saturated carbocycles. The van der Waals surface area contributed by atoms with Gasteiger partial charge in [0.05, 0.1) is 39.2 Å². The molecule has 0 N–H and O–H groups in total. The van der Waals surface area contributed by atoms with E-state index in [4.69, 9.17) is 16.5 Å². The van der Waals surface area contributed by atoms with Gasteiger partial charge in [-0.2, -0.15) is 0 Å². The maximum Gasteiger partial charge on any atom is 0.188 e. The first-order valence-electron chi connectivity index (χ1n) is 18.9. The maximum absolute atomic E-state index is 7.91. The lowest BCUT2D eigenvalue weighted by Crippen LogP contribution is -2.10. The van der Waals surface area contributed by atoms with Gasteiger partial charge in [0.15, 0.2) is 11.5 Å². The highest BCUT2D eigenvalue weighted by Gasteiger charge is 2.25. The molecule has 0 aliphatic heterocycles. The monoisotopic (exact) mass is 736 g/mol. The third kappa shape index (κ3) is 5.57. The number of hydrogen-bond donors (Lipinski definition) is 0. The molecule has 0 fully saturated rings. The number of nitrogens with zero attached hydrogens (tertiary/aromatic N) is 4. The fourth-order valence-electron chi connectivity index (χ4n) is 7.98. The Bertz CT molecular complexity index is 3100. The van der Waals surface area contributed by atoms with Crippen molar-refractivity contribution in [3.63, 3.8) is 0 Å². The predicted molar refractivity (Wildman–Crippen MR) is 236 cm³/mol. The third-order valence-electron chi connectivity index (χ3n) is 10.8. The van der Waals surface area contributed by atoms with Crippen molar-refractivity contribution in [1.29, 1.82) is 0 Å². The van der Waals surface area contributed by atoms with Crippen LogP contribution in [0.3, 0.4) is 0 Å². The van der Waals surface area contributed by atoms with Crippen LogP contribution < -0.4 is 0 Å². The van der Waals surface area contributed by atoms with E-state index in [2.05, 4.69) is 170 Å². The minimum absolute atomic E-state index is 0.0415. The molecule has 0 spiro atoms. The Hall–Kier alpha value is -6.87. The van der Waals surface area contributed by atoms with Crippen LogP contribution in [0.1, 0.15) is 26.3 Å². The summed E-state index contributed by atoms with van der Waals surface area (Å²) < 4.78 is 4.67. The van der Waals surface area contributed by atoms with Crippen molar-refractivity contribution in [2.75, 3.05) is 0 Å². The fourth-order valence-corrected chi connectivity index (χ4v) is 9.13. The molecule has 266 valence electrons. The van der Waals surface area contributed by atoms with E-state index in [9.17, 15) is 0 Å². The molecule has 0 aliphatic carbocycles. The molecule has 5 heteroatoms. The predicted octanol–water partition coefficient (Wildman–Crippen LogP) is 14.5. The molecule has 7 aromatic carbocycles. The average molecular weight is 737 g/mol. The summed E-state index contributed by atoms with van der Waals surface area (Å²) in [4.78, 5) is 14.5. The normalized spacial score (nSPS) is 11.8. The molecule has 0 radical (unpaired) electrons. The van der Waals surface area contributed by atoms with Gasteiger partial charge in [0, 0.05) is 37.7 Å². The highest BCUT2D eigenvalue weighted by atomic mass is 32.1. The van der Waals surface area contributed by atoms with Crippen LogP contribution >= 0.6 is 11.3 Å². The summed E-state index contributed by atoms with van der Waals surface area (Å²) in [6.07, 6.45) is 0. The number of thiophene rings is 1. The van der Waals surface area contributed by atoms with Crippen LogP contribution in [-0.2, 0) is 5.41 Å². The van der Waals surface area contributed by atoms with Gasteiger partial charge < -0.3 is 4.57 Å². The van der Waals surface area contributed by atoms with Crippen molar-refractivity contribution < 1.29 is 0 Å². The molecule has 56 heavy (non-hydrogen) atoms. The quantitative estimate of drug-likeness (QED) is 0.165. The fraction of sp³-hybridized carbons (Fsp3) is 0.0784. The zero-order valence-electron chi connectivity index (χ0n) is 31.3. The largest absolute Gasteiger partial charge is 0.308 e. The molecule has 0 unspecified atom stereocenters. The third-order valence-corrected chi connectivity index (χ3v) is 11.9. The summed E-state index contributed by atoms with van der Waals surface area (Å²) in [6.45, 7) is 14.7. The molecule has 10 aromatic rings. The summed E-state index contributed by atoms with van der Waals surface area (Å²) in [5.41, 5.74) is 13.3. The summed E-state index contributed by atoms with van der Waals surface area (Å²) >= 11 is 1.75. The summed E-state index contributed by atoms with van der Waals surface area (Å²) in [7, 11) is 0. The SMILES string of the molecule is [C-]#[N+]c1ccc2c(c1)c1cc(C(C)(C)C)ccc1n2-c1c(-c2ccccc2)cc(-c2nc(-c3ccccc3)nc3c2sc2ccccc23)cc1-c1ccccc1. The molecule has 4 nitrogen and oxygen atoms in total. The van der Waals surface area contributed by atoms with E-state index < -0.39 is 0 Å². The summed E-state index contributed by atoms with van der Waals surface area (Å²) in [6, 6.07) is 57.8. The molecular weight excluding hydrogens is 701 g/mol. The number of rotatable bonds is 5. The smallest absolute Gasteiger partial charge is 0.188 e. The van der Waals surface area contributed by atoms with Gasteiger partial charge >= 0.3 is 0 Å². The van der Waals surface area contributed by atoms with E-state index in [-0.39, 0.29) is 5.41 Å². The Kier molecular flexibility index (Phi) is 7.92. The first-order valence-corrected chi connectivity index (χ1v) is 19.7. The van der Waals surface area contributed by atoms with Gasteiger partial charge in [0.25, 0.3) is 0 Å². The van der Waals surface area contributed by atoms with Crippen molar-refractivity contribution >= 4 is 59.1 Å². The van der Waals surface area contributed by atoms with Crippen LogP contribution in [0, 0.1) is 6.57 Å². The molecule has 3 heterocycles. The highest BCUT2D eigenvalue weighted by molar-refractivity contribution is 7.26. The highest BCUT2D eigenvalue weighted by Crippen LogP contribution is 2.47. The number of aromatic nitrogens is 3. The van der Waals surface area contributed by atoms with E-state index in [1.54, 1.807) is 11.3 Å². The molecule has 0 aliphatic rings. The van der Waals surface area contributed by atoms with Crippen molar-refractivity contribution in [3.05, 3.63) is 181 Å². The van der Waals surface area contributed by atoms with Gasteiger partial charge in [-0.3, -0.25) is 0 Å². The zero-order chi connectivity index (χ0) is 38.0. The van der Waals surface area contributed by atoms with Crippen LogP contribution in [0.5, 0.6) is 0 Å². The second-order valence-electron chi connectivity index (χ2n) is 15.3. The van der Waals surface area contributed by atoms with Crippen molar-refractivity contribution in [2.24, 2.45) is 0 Å². The second kappa shape index (κ2) is 13.2. The van der Waals surface area contributed by atoms with Gasteiger partial charge in [0.2, 0.25) is 0 Å². The molecule has 10 rings (SSSR count). The second-order valence-corrected chi connectivity index (χ2v) is 16.4. The van der Waals surface area contributed by atoms with E-state index in [1.807, 2.05) is 24.3 Å². The van der Waals surface area contributed by atoms with Crippen molar-refractivity contribution in [3.8, 4) is 50.6 Å². The lowest BCUT2D eigenvalue weighted by Gasteiger charge is -2.22. The number of fused-ring (bicyclic) bond motifs is 6. The maximum atomic E-state index is 7.91. The number of benzene rings is 7. The van der Waals surface area contributed by atoms with Crippen molar-refractivity contribution in [1.82, 2.24) is 14.5 Å². The van der Waals surface area contributed by atoms with Gasteiger partial charge in [-0.1, -0.05) is 142 Å². The van der Waals surface area contributed by atoms with Crippen LogP contribution in [0.4, 0.5) is 5.69 Å². The molecule has 0 bridgehead atoms. The molecular formula is C51H36N4S. The van der Waals surface area contributed by atoms with Gasteiger partial charge in [0.1, 0.15) is 0 Å². The van der Waals surface area contributed by atoms with E-state index in [0.29, 0.717) is 11.5 Å². The van der Waals surface area contributed by atoms with E-state index in [0.717, 1.165) is 82.2 Å². The minimum Gasteiger partial charge on any atom is -0.308 e. The first-order chi connectivity index (χ1) is 27.4. The Labute approximate surface area is 329 Å². The number of hydrogen-bond acceptors (Lipinski definition) is 3. The van der Waals surface area contributed by atoms with Crippen molar-refractivity contribution in [2.45, 2.75) is 26.2 Å². The Morgan fingerprint density at radius 1 is 0.554 bits per heavy atom.